The molecule has 5 nitrogen and oxygen atoms in total. The summed E-state index contributed by atoms with van der Waals surface area (Å²) in [6.45, 7) is 3.66. The molecule has 2 heterocycles. The van der Waals surface area contributed by atoms with E-state index >= 15 is 0 Å². The molecule has 3 aromatic rings. The average Bonchev–Trinajstić information content (AvgIpc) is 3.33. The molecule has 0 N–H and O–H groups in total. The first-order valence-corrected chi connectivity index (χ1v) is 11.5. The molecule has 1 aliphatic heterocycles. The van der Waals surface area contributed by atoms with Crippen LogP contribution < -0.4 is 0 Å². The van der Waals surface area contributed by atoms with Gasteiger partial charge in [-0.15, -0.1) is 0 Å². The van der Waals surface area contributed by atoms with Gasteiger partial charge in [-0.05, 0) is 43.4 Å². The summed E-state index contributed by atoms with van der Waals surface area (Å²) in [7, 11) is 0. The number of aromatic nitrogens is 2. The first kappa shape index (κ1) is 21.3. The molecule has 162 valence electrons. The number of nitrogens with zero attached hydrogens (tertiary/aromatic N) is 3. The second-order valence-electron chi connectivity index (χ2n) is 8.40. The molecule has 31 heavy (non-hydrogen) atoms. The molecule has 0 atom stereocenters. The molecule has 0 aliphatic carbocycles. The highest BCUT2D eigenvalue weighted by molar-refractivity contribution is 5.94. The lowest BCUT2D eigenvalue weighted by Gasteiger charge is -2.30. The minimum absolute atomic E-state index is 0.117. The summed E-state index contributed by atoms with van der Waals surface area (Å²) in [4.78, 5) is 19.5. The van der Waals surface area contributed by atoms with Crippen LogP contribution in [0, 0.1) is 0 Å². The molecule has 4 rings (SSSR count). The molecular weight excluding hydrogens is 386 g/mol. The van der Waals surface area contributed by atoms with Crippen LogP contribution >= 0.6 is 0 Å². The highest BCUT2D eigenvalue weighted by atomic mass is 16.5. The molecular formula is C26H31N3O2. The van der Waals surface area contributed by atoms with Crippen LogP contribution in [0.5, 0.6) is 0 Å². The van der Waals surface area contributed by atoms with Crippen LogP contribution in [0.3, 0.4) is 0 Å². The van der Waals surface area contributed by atoms with Crippen molar-refractivity contribution in [3.8, 4) is 11.4 Å². The quantitative estimate of drug-likeness (QED) is 0.430. The van der Waals surface area contributed by atoms with Gasteiger partial charge in [-0.3, -0.25) is 4.79 Å². The van der Waals surface area contributed by atoms with E-state index < -0.39 is 0 Å². The minimum Gasteiger partial charge on any atom is -0.339 e. The van der Waals surface area contributed by atoms with Gasteiger partial charge >= 0.3 is 0 Å². The average molecular weight is 418 g/mol. The molecule has 0 bridgehead atoms. The Bertz CT molecular complexity index is 958. The molecule has 1 aromatic heterocycles. The number of benzene rings is 2. The Labute approximate surface area is 184 Å². The van der Waals surface area contributed by atoms with Crippen molar-refractivity contribution in [3.63, 3.8) is 0 Å². The van der Waals surface area contributed by atoms with Crippen LogP contribution in [-0.4, -0.2) is 34.0 Å². The molecule has 0 saturated carbocycles. The monoisotopic (exact) mass is 417 g/mol. The Morgan fingerprint density at radius 3 is 2.45 bits per heavy atom. The molecule has 0 unspecified atom stereocenters. The fraction of sp³-hybridized carbons (Fsp3) is 0.423. The molecule has 1 saturated heterocycles. The van der Waals surface area contributed by atoms with Crippen LogP contribution in [-0.2, 0) is 6.42 Å². The largest absolute Gasteiger partial charge is 0.339 e. The minimum atomic E-state index is 0.117. The molecule has 1 aliphatic rings. The van der Waals surface area contributed by atoms with Gasteiger partial charge in [-0.2, -0.15) is 4.98 Å². The number of hydrogen-bond acceptors (Lipinski definition) is 4. The first-order chi connectivity index (χ1) is 15.2. The number of unbranched alkanes of at least 4 members (excludes halogenated alkanes) is 3. The Morgan fingerprint density at radius 2 is 1.74 bits per heavy atom. The Hall–Kier alpha value is -2.95. The van der Waals surface area contributed by atoms with E-state index in [0.29, 0.717) is 24.8 Å². The van der Waals surface area contributed by atoms with Crippen molar-refractivity contribution in [3.05, 3.63) is 71.6 Å². The van der Waals surface area contributed by atoms with Crippen molar-refractivity contribution in [2.24, 2.45) is 0 Å². The highest BCUT2D eigenvalue weighted by Crippen LogP contribution is 2.29. The fourth-order valence-corrected chi connectivity index (χ4v) is 4.19. The van der Waals surface area contributed by atoms with Gasteiger partial charge in [0.2, 0.25) is 11.7 Å². The van der Waals surface area contributed by atoms with E-state index in [1.807, 2.05) is 47.4 Å². The second-order valence-corrected chi connectivity index (χ2v) is 8.40. The van der Waals surface area contributed by atoms with Gasteiger partial charge in [0, 0.05) is 30.1 Å². The van der Waals surface area contributed by atoms with Crippen LogP contribution in [0.2, 0.25) is 0 Å². The number of carbonyl (C=O) groups excluding carboxylic acids is 1. The molecule has 1 fully saturated rings. The summed E-state index contributed by atoms with van der Waals surface area (Å²) in [5.41, 5.74) is 3.05. The Kier molecular flexibility index (Phi) is 7.13. The lowest BCUT2D eigenvalue weighted by Crippen LogP contribution is -2.38. The molecule has 2 aromatic carbocycles. The van der Waals surface area contributed by atoms with Crippen molar-refractivity contribution in [1.82, 2.24) is 15.0 Å². The van der Waals surface area contributed by atoms with E-state index in [9.17, 15) is 4.79 Å². The van der Waals surface area contributed by atoms with Gasteiger partial charge in [0.1, 0.15) is 0 Å². The number of rotatable bonds is 8. The lowest BCUT2D eigenvalue weighted by atomic mass is 9.96. The molecule has 1 amide bonds. The summed E-state index contributed by atoms with van der Waals surface area (Å²) in [5, 5.41) is 4.14. The third-order valence-electron chi connectivity index (χ3n) is 6.13. The van der Waals surface area contributed by atoms with Crippen LogP contribution in [0.15, 0.2) is 59.1 Å². The summed E-state index contributed by atoms with van der Waals surface area (Å²) in [6, 6.07) is 18.0. The smallest absolute Gasteiger partial charge is 0.253 e. The fourth-order valence-electron chi connectivity index (χ4n) is 4.19. The molecule has 5 heteroatoms. The predicted octanol–water partition coefficient (Wildman–Crippen LogP) is 5.88. The Morgan fingerprint density at radius 1 is 1.00 bits per heavy atom. The van der Waals surface area contributed by atoms with Gasteiger partial charge in [-0.25, -0.2) is 0 Å². The standard InChI is InChI=1S/C26H31N3O2/c1-2-3-4-6-9-20-12-14-23(15-13-20)26(30)29-18-16-22(17-19-29)25-27-24(28-31-25)21-10-7-5-8-11-21/h5,7-8,10-15,22H,2-4,6,9,16-19H2,1H3. The van der Waals surface area contributed by atoms with Crippen molar-refractivity contribution >= 4 is 5.91 Å². The highest BCUT2D eigenvalue weighted by Gasteiger charge is 2.28. The number of piperidine rings is 1. The Balaban J connectivity index is 1.29. The van der Waals surface area contributed by atoms with Gasteiger partial charge in [0.15, 0.2) is 0 Å². The number of aryl methyl sites for hydroxylation is 1. The number of carbonyl (C=O) groups is 1. The summed E-state index contributed by atoms with van der Waals surface area (Å²) in [5.74, 6) is 1.63. The van der Waals surface area contributed by atoms with Gasteiger partial charge in [0.05, 0.1) is 0 Å². The van der Waals surface area contributed by atoms with E-state index in [1.54, 1.807) is 0 Å². The maximum absolute atomic E-state index is 12.9. The zero-order chi connectivity index (χ0) is 21.5. The third-order valence-corrected chi connectivity index (χ3v) is 6.13. The second kappa shape index (κ2) is 10.4. The van der Waals surface area contributed by atoms with E-state index in [-0.39, 0.29) is 11.8 Å². The van der Waals surface area contributed by atoms with E-state index in [0.717, 1.165) is 30.4 Å². The summed E-state index contributed by atoms with van der Waals surface area (Å²) < 4.78 is 5.53. The zero-order valence-electron chi connectivity index (χ0n) is 18.3. The predicted molar refractivity (Wildman–Crippen MR) is 122 cm³/mol. The number of hydrogen-bond donors (Lipinski definition) is 0. The van der Waals surface area contributed by atoms with E-state index in [1.165, 1.54) is 31.2 Å². The zero-order valence-corrected chi connectivity index (χ0v) is 18.3. The number of likely N-dealkylation sites (tertiary alicyclic amines) is 1. The van der Waals surface area contributed by atoms with Crippen LogP contribution in [0.25, 0.3) is 11.4 Å². The van der Waals surface area contributed by atoms with Crippen molar-refractivity contribution in [1.29, 1.82) is 0 Å². The topological polar surface area (TPSA) is 59.2 Å². The number of amides is 1. The maximum Gasteiger partial charge on any atom is 0.253 e. The van der Waals surface area contributed by atoms with Gasteiger partial charge in [0.25, 0.3) is 5.91 Å². The summed E-state index contributed by atoms with van der Waals surface area (Å²) >= 11 is 0. The van der Waals surface area contributed by atoms with E-state index in [2.05, 4.69) is 29.2 Å². The summed E-state index contributed by atoms with van der Waals surface area (Å²) in [6.07, 6.45) is 7.83. The first-order valence-electron chi connectivity index (χ1n) is 11.5. The van der Waals surface area contributed by atoms with Crippen LogP contribution in [0.1, 0.15) is 73.2 Å². The maximum atomic E-state index is 12.9. The molecule has 0 spiro atoms. The van der Waals surface area contributed by atoms with Crippen molar-refractivity contribution in [2.75, 3.05) is 13.1 Å². The van der Waals surface area contributed by atoms with Crippen LogP contribution in [0.4, 0.5) is 0 Å². The van der Waals surface area contributed by atoms with Crippen molar-refractivity contribution < 1.29 is 9.32 Å². The molecule has 0 radical (unpaired) electrons. The van der Waals surface area contributed by atoms with Gasteiger partial charge < -0.3 is 9.42 Å². The SMILES string of the molecule is CCCCCCc1ccc(C(=O)N2CCC(c3nc(-c4ccccc4)no3)CC2)cc1. The lowest BCUT2D eigenvalue weighted by molar-refractivity contribution is 0.0704. The normalized spacial score (nSPS) is 14.7. The third kappa shape index (κ3) is 5.40. The van der Waals surface area contributed by atoms with Gasteiger partial charge in [-0.1, -0.05) is 73.8 Å². The van der Waals surface area contributed by atoms with Crippen molar-refractivity contribution in [2.45, 2.75) is 57.8 Å². The van der Waals surface area contributed by atoms with E-state index in [4.69, 9.17) is 4.52 Å².